The zero-order chi connectivity index (χ0) is 17.5. The van der Waals surface area contributed by atoms with Crippen LogP contribution in [0.4, 0.5) is 4.79 Å². The smallest absolute Gasteiger partial charge is 0.314 e. The van der Waals surface area contributed by atoms with Gasteiger partial charge in [-0.05, 0) is 32.1 Å². The third-order valence-electron chi connectivity index (χ3n) is 3.83. The van der Waals surface area contributed by atoms with Crippen molar-refractivity contribution in [2.24, 2.45) is 7.05 Å². The molecule has 0 bridgehead atoms. The predicted octanol–water partition coefficient (Wildman–Crippen LogP) is 2.22. The highest BCUT2D eigenvalue weighted by molar-refractivity contribution is 6.31. The van der Waals surface area contributed by atoms with E-state index in [9.17, 15) is 4.79 Å². The van der Waals surface area contributed by atoms with Crippen LogP contribution in [0.15, 0.2) is 36.7 Å². The summed E-state index contributed by atoms with van der Waals surface area (Å²) in [6.45, 7) is 1.05. The maximum absolute atomic E-state index is 12.0. The second kappa shape index (κ2) is 8.70. The highest BCUT2D eigenvalue weighted by Gasteiger charge is 2.16. The molecule has 1 heterocycles. The van der Waals surface area contributed by atoms with Crippen molar-refractivity contribution in [2.45, 2.75) is 12.5 Å². The normalized spacial score (nSPS) is 12.2. The number of carbonyl (C=O) groups excluding carboxylic acids is 1. The Morgan fingerprint density at radius 2 is 2.08 bits per heavy atom. The van der Waals surface area contributed by atoms with E-state index in [1.54, 1.807) is 4.68 Å². The average Bonchev–Trinajstić information content (AvgIpc) is 2.95. The lowest BCUT2D eigenvalue weighted by atomic mass is 10.1. The van der Waals surface area contributed by atoms with Crippen LogP contribution < -0.4 is 10.6 Å². The zero-order valence-electron chi connectivity index (χ0n) is 14.3. The van der Waals surface area contributed by atoms with Crippen molar-refractivity contribution in [1.29, 1.82) is 0 Å². The van der Waals surface area contributed by atoms with Gasteiger partial charge in [-0.15, -0.1) is 0 Å². The number of halogens is 1. The minimum atomic E-state index is -0.183. The molecule has 0 saturated carbocycles. The molecule has 0 radical (unpaired) electrons. The fourth-order valence-corrected chi connectivity index (χ4v) is 2.70. The van der Waals surface area contributed by atoms with E-state index in [0.29, 0.717) is 19.5 Å². The molecule has 2 N–H and O–H groups in total. The van der Waals surface area contributed by atoms with Crippen LogP contribution in [0.1, 0.15) is 17.2 Å². The molecule has 2 rings (SSSR count). The van der Waals surface area contributed by atoms with E-state index in [1.807, 2.05) is 57.8 Å². The summed E-state index contributed by atoms with van der Waals surface area (Å²) in [6.07, 6.45) is 4.48. The Labute approximate surface area is 147 Å². The van der Waals surface area contributed by atoms with Crippen molar-refractivity contribution >= 4 is 17.6 Å². The predicted molar refractivity (Wildman–Crippen MR) is 96.2 cm³/mol. The molecular formula is C17H24ClN5O. The number of aromatic nitrogens is 2. The number of benzene rings is 1. The molecular weight excluding hydrogens is 326 g/mol. The van der Waals surface area contributed by atoms with Crippen LogP contribution in [0.25, 0.3) is 0 Å². The van der Waals surface area contributed by atoms with E-state index in [0.717, 1.165) is 16.1 Å². The number of nitrogens with zero attached hydrogens (tertiary/aromatic N) is 3. The van der Waals surface area contributed by atoms with E-state index in [4.69, 9.17) is 11.6 Å². The Morgan fingerprint density at radius 3 is 2.71 bits per heavy atom. The molecule has 2 amide bonds. The van der Waals surface area contributed by atoms with Crippen LogP contribution in [0.5, 0.6) is 0 Å². The van der Waals surface area contributed by atoms with Gasteiger partial charge in [-0.1, -0.05) is 29.8 Å². The van der Waals surface area contributed by atoms with Crippen LogP contribution in [0.3, 0.4) is 0 Å². The van der Waals surface area contributed by atoms with Gasteiger partial charge in [0.25, 0.3) is 0 Å². The second-order valence-electron chi connectivity index (χ2n) is 5.90. The number of aryl methyl sites for hydroxylation is 1. The summed E-state index contributed by atoms with van der Waals surface area (Å²) in [6, 6.07) is 7.55. The highest BCUT2D eigenvalue weighted by atomic mass is 35.5. The molecule has 0 fully saturated rings. The lowest BCUT2D eigenvalue weighted by molar-refractivity contribution is 0.233. The molecule has 130 valence electrons. The third kappa shape index (κ3) is 5.25. The van der Waals surface area contributed by atoms with Gasteiger partial charge in [0.1, 0.15) is 0 Å². The molecule has 1 atom stereocenters. The molecule has 1 aromatic heterocycles. The lowest BCUT2D eigenvalue weighted by Gasteiger charge is -2.23. The van der Waals surface area contributed by atoms with E-state index in [1.165, 1.54) is 0 Å². The zero-order valence-corrected chi connectivity index (χ0v) is 15.0. The summed E-state index contributed by atoms with van der Waals surface area (Å²) in [5.41, 5.74) is 2.10. The summed E-state index contributed by atoms with van der Waals surface area (Å²) in [5, 5.41) is 10.7. The largest absolute Gasteiger partial charge is 0.338 e. The number of rotatable bonds is 7. The van der Waals surface area contributed by atoms with Crippen molar-refractivity contribution < 1.29 is 4.79 Å². The van der Waals surface area contributed by atoms with Crippen molar-refractivity contribution in [3.05, 3.63) is 52.8 Å². The van der Waals surface area contributed by atoms with E-state index in [-0.39, 0.29) is 12.1 Å². The molecule has 6 nitrogen and oxygen atoms in total. The van der Waals surface area contributed by atoms with Gasteiger partial charge in [0.05, 0.1) is 12.2 Å². The van der Waals surface area contributed by atoms with Gasteiger partial charge in [0, 0.05) is 36.9 Å². The Hall–Kier alpha value is -2.05. The van der Waals surface area contributed by atoms with Crippen LogP contribution in [0.2, 0.25) is 5.02 Å². The Morgan fingerprint density at radius 1 is 1.33 bits per heavy atom. The van der Waals surface area contributed by atoms with Crippen molar-refractivity contribution in [2.75, 3.05) is 27.2 Å². The molecule has 0 aliphatic heterocycles. The molecule has 0 aliphatic rings. The first-order valence-electron chi connectivity index (χ1n) is 7.87. The number of urea groups is 1. The van der Waals surface area contributed by atoms with Crippen molar-refractivity contribution in [3.63, 3.8) is 0 Å². The van der Waals surface area contributed by atoms with Gasteiger partial charge in [0.15, 0.2) is 0 Å². The molecule has 2 aromatic rings. The molecule has 0 unspecified atom stereocenters. The Kier molecular flexibility index (Phi) is 6.63. The van der Waals surface area contributed by atoms with Gasteiger partial charge >= 0.3 is 6.03 Å². The number of amides is 2. The van der Waals surface area contributed by atoms with Gasteiger partial charge in [-0.3, -0.25) is 4.68 Å². The topological polar surface area (TPSA) is 62.2 Å². The standard InChI is InChI=1S/C17H24ClN5O/c1-22(2)16(14-10-21-23(3)12-14)11-20-17(24)19-9-8-13-6-4-5-7-15(13)18/h4-7,10,12,16H,8-9,11H2,1-3H3,(H2,19,20,24)/t16-/m0/s1. The Bertz CT molecular complexity index is 671. The maximum Gasteiger partial charge on any atom is 0.314 e. The van der Waals surface area contributed by atoms with Gasteiger partial charge in [-0.2, -0.15) is 5.10 Å². The minimum absolute atomic E-state index is 0.0769. The Balaban J connectivity index is 1.78. The SMILES string of the molecule is CN(C)[C@@H](CNC(=O)NCCc1ccccc1Cl)c1cnn(C)c1. The summed E-state index contributed by atoms with van der Waals surface area (Å²) in [5.74, 6) is 0. The first-order chi connectivity index (χ1) is 11.5. The number of carbonyl (C=O) groups is 1. The average molecular weight is 350 g/mol. The number of nitrogens with one attached hydrogen (secondary N) is 2. The monoisotopic (exact) mass is 349 g/mol. The van der Waals surface area contributed by atoms with Gasteiger partial charge in [0.2, 0.25) is 0 Å². The molecule has 0 aliphatic carbocycles. The van der Waals surface area contributed by atoms with E-state index in [2.05, 4.69) is 20.6 Å². The third-order valence-corrected chi connectivity index (χ3v) is 4.20. The van der Waals surface area contributed by atoms with Gasteiger partial charge < -0.3 is 15.5 Å². The fourth-order valence-electron chi connectivity index (χ4n) is 2.47. The number of hydrogen-bond donors (Lipinski definition) is 2. The van der Waals surface area contributed by atoms with Crippen molar-refractivity contribution in [3.8, 4) is 0 Å². The summed E-state index contributed by atoms with van der Waals surface area (Å²) in [7, 11) is 5.84. The molecule has 24 heavy (non-hydrogen) atoms. The van der Waals surface area contributed by atoms with Crippen LogP contribution >= 0.6 is 11.6 Å². The molecule has 1 aromatic carbocycles. The van der Waals surface area contributed by atoms with Crippen LogP contribution in [0, 0.1) is 0 Å². The quantitative estimate of drug-likeness (QED) is 0.805. The number of hydrogen-bond acceptors (Lipinski definition) is 3. The van der Waals surface area contributed by atoms with Crippen molar-refractivity contribution in [1.82, 2.24) is 25.3 Å². The summed E-state index contributed by atoms with van der Waals surface area (Å²) >= 11 is 6.11. The summed E-state index contributed by atoms with van der Waals surface area (Å²) < 4.78 is 1.76. The van der Waals surface area contributed by atoms with E-state index < -0.39 is 0 Å². The number of likely N-dealkylation sites (N-methyl/N-ethyl adjacent to an activating group) is 1. The van der Waals surface area contributed by atoms with Crippen LogP contribution in [-0.2, 0) is 13.5 Å². The van der Waals surface area contributed by atoms with Crippen LogP contribution in [-0.4, -0.2) is 47.9 Å². The molecule has 7 heteroatoms. The minimum Gasteiger partial charge on any atom is -0.338 e. The second-order valence-corrected chi connectivity index (χ2v) is 6.31. The fraction of sp³-hybridized carbons (Fsp3) is 0.412. The first-order valence-corrected chi connectivity index (χ1v) is 8.25. The first kappa shape index (κ1) is 18.3. The maximum atomic E-state index is 12.0. The van der Waals surface area contributed by atoms with E-state index >= 15 is 0 Å². The molecule has 0 saturated heterocycles. The molecule has 0 spiro atoms. The lowest BCUT2D eigenvalue weighted by Crippen LogP contribution is -2.41. The summed E-state index contributed by atoms with van der Waals surface area (Å²) in [4.78, 5) is 14.0. The van der Waals surface area contributed by atoms with Gasteiger partial charge in [-0.25, -0.2) is 4.79 Å². The highest BCUT2D eigenvalue weighted by Crippen LogP contribution is 2.16.